The van der Waals surface area contributed by atoms with Crippen molar-refractivity contribution in [2.24, 2.45) is 0 Å². The van der Waals surface area contributed by atoms with E-state index in [-0.39, 0.29) is 6.04 Å². The van der Waals surface area contributed by atoms with E-state index in [1.807, 2.05) is 36.3 Å². The molecule has 0 spiro atoms. The smallest absolute Gasteiger partial charge is 0.231 e. The standard InChI is InChI=1S/C12H13ClIN7S/c1-6(2)20-5-8(9(13)19-20)16-12-17-10(15)7-3-4-21(22-14)11(7)18-12/h3-6H,1-2H3,(H3,15,16,17,18). The van der Waals surface area contributed by atoms with E-state index in [0.29, 0.717) is 22.6 Å². The van der Waals surface area contributed by atoms with Crippen molar-refractivity contribution in [3.63, 3.8) is 0 Å². The summed E-state index contributed by atoms with van der Waals surface area (Å²) in [6.07, 6.45) is 3.73. The van der Waals surface area contributed by atoms with Crippen molar-refractivity contribution >= 4 is 70.4 Å². The Morgan fingerprint density at radius 1 is 1.41 bits per heavy atom. The molecule has 0 atom stereocenters. The summed E-state index contributed by atoms with van der Waals surface area (Å²) in [4.78, 5) is 8.77. The summed E-state index contributed by atoms with van der Waals surface area (Å²) in [6, 6.07) is 2.11. The van der Waals surface area contributed by atoms with Crippen LogP contribution in [0, 0.1) is 0 Å². The number of nitrogens with two attached hydrogens (primary N) is 1. The van der Waals surface area contributed by atoms with Gasteiger partial charge in [-0.25, -0.2) is 0 Å². The van der Waals surface area contributed by atoms with Crippen molar-refractivity contribution in [1.82, 2.24) is 23.7 Å². The number of nitrogen functional groups attached to an aromatic ring is 1. The van der Waals surface area contributed by atoms with Crippen molar-refractivity contribution in [3.8, 4) is 0 Å². The first-order valence-corrected chi connectivity index (χ1v) is 10.1. The Morgan fingerprint density at radius 3 is 2.82 bits per heavy atom. The summed E-state index contributed by atoms with van der Waals surface area (Å²) in [5.74, 6) is 0.810. The second-order valence-corrected chi connectivity index (χ2v) is 6.98. The molecule has 3 N–H and O–H groups in total. The van der Waals surface area contributed by atoms with Crippen LogP contribution in [0.15, 0.2) is 18.5 Å². The maximum Gasteiger partial charge on any atom is 0.231 e. The van der Waals surface area contributed by atoms with Gasteiger partial charge < -0.3 is 11.1 Å². The van der Waals surface area contributed by atoms with Crippen LogP contribution in [0.3, 0.4) is 0 Å². The fraction of sp³-hybridized carbons (Fsp3) is 0.250. The molecule has 3 heterocycles. The lowest BCUT2D eigenvalue weighted by Crippen LogP contribution is -2.02. The molecule has 22 heavy (non-hydrogen) atoms. The van der Waals surface area contributed by atoms with E-state index in [1.54, 1.807) is 4.68 Å². The lowest BCUT2D eigenvalue weighted by atomic mass is 10.4. The van der Waals surface area contributed by atoms with Crippen molar-refractivity contribution in [2.45, 2.75) is 19.9 Å². The molecule has 0 unspecified atom stereocenters. The highest BCUT2D eigenvalue weighted by Crippen LogP contribution is 2.29. The van der Waals surface area contributed by atoms with Crippen LogP contribution in [-0.4, -0.2) is 23.7 Å². The highest BCUT2D eigenvalue weighted by molar-refractivity contribution is 14.2. The fourth-order valence-electron chi connectivity index (χ4n) is 1.97. The quantitative estimate of drug-likeness (QED) is 0.585. The number of anilines is 3. The van der Waals surface area contributed by atoms with E-state index >= 15 is 0 Å². The third-order valence-corrected chi connectivity index (χ3v) is 5.07. The number of fused-ring (bicyclic) bond motifs is 1. The second-order valence-electron chi connectivity index (χ2n) is 4.91. The second kappa shape index (κ2) is 6.13. The van der Waals surface area contributed by atoms with Gasteiger partial charge >= 0.3 is 0 Å². The zero-order valence-electron chi connectivity index (χ0n) is 11.8. The number of nitrogens with one attached hydrogen (secondary N) is 1. The average Bonchev–Trinajstić information content (AvgIpc) is 3.03. The van der Waals surface area contributed by atoms with Gasteiger partial charge in [-0.15, -0.1) is 0 Å². The molecule has 116 valence electrons. The maximum absolute atomic E-state index is 6.14. The first-order valence-electron chi connectivity index (χ1n) is 6.45. The molecule has 7 nitrogen and oxygen atoms in total. The number of rotatable bonds is 4. The van der Waals surface area contributed by atoms with Gasteiger partial charge in [-0.1, -0.05) is 11.6 Å². The predicted octanol–water partition coefficient (Wildman–Crippen LogP) is 4.03. The van der Waals surface area contributed by atoms with Crippen LogP contribution < -0.4 is 11.1 Å². The maximum atomic E-state index is 6.14. The molecule has 0 saturated heterocycles. The lowest BCUT2D eigenvalue weighted by Gasteiger charge is -2.06. The Bertz CT molecular complexity index is 828. The van der Waals surface area contributed by atoms with Crippen LogP contribution in [0.4, 0.5) is 17.5 Å². The van der Waals surface area contributed by atoms with Crippen LogP contribution in [-0.2, 0) is 0 Å². The molecule has 0 bridgehead atoms. The molecule has 0 fully saturated rings. The summed E-state index contributed by atoms with van der Waals surface area (Å²) in [6.45, 7) is 4.05. The van der Waals surface area contributed by atoms with E-state index in [1.165, 1.54) is 9.12 Å². The SMILES string of the molecule is CC(C)n1cc(Nc2nc(N)c3ccn(SI)c3n2)c(Cl)n1. The van der Waals surface area contributed by atoms with E-state index < -0.39 is 0 Å². The molecule has 3 aromatic rings. The Kier molecular flexibility index (Phi) is 4.37. The molecule has 0 aromatic carbocycles. The van der Waals surface area contributed by atoms with Crippen LogP contribution in [0.5, 0.6) is 0 Å². The Balaban J connectivity index is 2.00. The van der Waals surface area contributed by atoms with E-state index in [9.17, 15) is 0 Å². The van der Waals surface area contributed by atoms with E-state index in [4.69, 9.17) is 17.3 Å². The Hall–Kier alpha value is -1.20. The minimum atomic E-state index is 0.217. The van der Waals surface area contributed by atoms with Crippen LogP contribution in [0.25, 0.3) is 11.0 Å². The number of hydrogen-bond donors (Lipinski definition) is 2. The topological polar surface area (TPSA) is 86.6 Å². The van der Waals surface area contributed by atoms with Gasteiger partial charge in [0.1, 0.15) is 5.82 Å². The molecule has 0 aliphatic heterocycles. The highest BCUT2D eigenvalue weighted by atomic mass is 127. The van der Waals surface area contributed by atoms with Gasteiger partial charge in [0.15, 0.2) is 10.8 Å². The minimum absolute atomic E-state index is 0.217. The molecule has 0 saturated carbocycles. The normalized spacial score (nSPS) is 11.5. The zero-order valence-corrected chi connectivity index (χ0v) is 15.5. The third kappa shape index (κ3) is 2.84. The predicted molar refractivity (Wildman–Crippen MR) is 99.9 cm³/mol. The monoisotopic (exact) mass is 449 g/mol. The summed E-state index contributed by atoms with van der Waals surface area (Å²) in [5.41, 5.74) is 7.40. The zero-order chi connectivity index (χ0) is 15.9. The Morgan fingerprint density at radius 2 is 2.18 bits per heavy atom. The van der Waals surface area contributed by atoms with Gasteiger partial charge in [-0.2, -0.15) is 15.1 Å². The molecular formula is C12H13ClIN7S. The van der Waals surface area contributed by atoms with Gasteiger partial charge in [0.2, 0.25) is 5.95 Å². The van der Waals surface area contributed by atoms with Crippen LogP contribution in [0.1, 0.15) is 19.9 Å². The van der Waals surface area contributed by atoms with E-state index in [2.05, 4.69) is 41.6 Å². The lowest BCUT2D eigenvalue weighted by molar-refractivity contribution is 0.533. The van der Waals surface area contributed by atoms with Crippen molar-refractivity contribution < 1.29 is 0 Å². The number of aromatic nitrogens is 5. The van der Waals surface area contributed by atoms with Gasteiger partial charge in [0.05, 0.1) is 17.3 Å². The summed E-state index contributed by atoms with van der Waals surface area (Å²) in [7, 11) is 1.51. The molecular weight excluding hydrogens is 437 g/mol. The molecule has 3 rings (SSSR count). The minimum Gasteiger partial charge on any atom is -0.383 e. The van der Waals surface area contributed by atoms with Gasteiger partial charge in [-0.05, 0) is 19.9 Å². The van der Waals surface area contributed by atoms with Crippen LogP contribution >= 0.6 is 41.9 Å². The molecule has 0 amide bonds. The fourth-order valence-corrected chi connectivity index (χ4v) is 3.41. The first kappa shape index (κ1) is 15.7. The molecule has 10 heteroatoms. The van der Waals surface area contributed by atoms with Gasteiger partial charge in [0, 0.05) is 42.6 Å². The highest BCUT2D eigenvalue weighted by Gasteiger charge is 2.13. The van der Waals surface area contributed by atoms with Gasteiger partial charge in [-0.3, -0.25) is 8.65 Å². The molecule has 3 aromatic heterocycles. The molecule has 0 aliphatic carbocycles. The van der Waals surface area contributed by atoms with Crippen LogP contribution in [0.2, 0.25) is 5.15 Å². The van der Waals surface area contributed by atoms with E-state index in [0.717, 1.165) is 11.0 Å². The summed E-state index contributed by atoms with van der Waals surface area (Å²) >= 11 is 8.33. The Labute approximate surface area is 148 Å². The molecule has 0 radical (unpaired) electrons. The number of nitrogens with zero attached hydrogens (tertiary/aromatic N) is 5. The third-order valence-electron chi connectivity index (χ3n) is 3.08. The first-order chi connectivity index (χ1) is 10.5. The van der Waals surface area contributed by atoms with Crippen molar-refractivity contribution in [1.29, 1.82) is 0 Å². The average molecular weight is 450 g/mol. The summed E-state index contributed by atoms with van der Waals surface area (Å²) < 4.78 is 3.69. The van der Waals surface area contributed by atoms with Crippen molar-refractivity contribution in [3.05, 3.63) is 23.6 Å². The summed E-state index contributed by atoms with van der Waals surface area (Å²) in [5, 5.41) is 8.50. The number of hydrogen-bond acceptors (Lipinski definition) is 6. The van der Waals surface area contributed by atoms with Gasteiger partial charge in [0.25, 0.3) is 0 Å². The number of halogens is 2. The van der Waals surface area contributed by atoms with Crippen molar-refractivity contribution in [2.75, 3.05) is 11.1 Å². The largest absolute Gasteiger partial charge is 0.383 e. The molecule has 0 aliphatic rings.